The van der Waals surface area contributed by atoms with Crippen molar-refractivity contribution in [3.05, 3.63) is 36.7 Å². The van der Waals surface area contributed by atoms with Crippen molar-refractivity contribution in [2.24, 2.45) is 0 Å². The number of nitrogens with zero attached hydrogens (tertiary/aromatic N) is 5. The minimum Gasteiger partial charge on any atom is -0.462 e. The number of carbonyl (C=O) groups excluding carboxylic acids is 2. The number of alkyl halides is 1. The molecule has 2 aromatic heterocycles. The number of esters is 1. The topological polar surface area (TPSA) is 202 Å². The van der Waals surface area contributed by atoms with Crippen molar-refractivity contribution >= 4 is 42.7 Å². The van der Waals surface area contributed by atoms with E-state index in [9.17, 15) is 19.3 Å². The molecule has 16 nitrogen and oxygen atoms in total. The Balaban J connectivity index is 1.37. The van der Waals surface area contributed by atoms with Crippen LogP contribution < -0.4 is 20.2 Å². The van der Waals surface area contributed by atoms with Crippen LogP contribution in [-0.2, 0) is 28.1 Å². The van der Waals surface area contributed by atoms with E-state index in [1.165, 1.54) is 37.0 Å². The molecule has 7 atom stereocenters. The first kappa shape index (κ1) is 35.4. The van der Waals surface area contributed by atoms with E-state index in [4.69, 9.17) is 29.0 Å². The first-order valence-corrected chi connectivity index (χ1v) is 17.2. The van der Waals surface area contributed by atoms with Gasteiger partial charge in [0.05, 0.1) is 19.0 Å². The average Bonchev–Trinajstić information content (AvgIpc) is 3.27. The molecular formula is C30H41FN7O9P. The molecule has 2 fully saturated rings. The number of benzene rings is 1. The number of hydrogen-bond acceptors (Lipinski definition) is 13. The molecule has 0 spiro atoms. The number of unbranched alkanes of at least 4 members (excludes halogenated alkanes) is 2. The van der Waals surface area contributed by atoms with Crippen LogP contribution >= 0.6 is 7.75 Å². The van der Waals surface area contributed by atoms with Gasteiger partial charge in [0.2, 0.25) is 5.95 Å². The fourth-order valence-corrected chi connectivity index (χ4v) is 7.17. The number of anilines is 2. The quantitative estimate of drug-likeness (QED) is 0.124. The first-order chi connectivity index (χ1) is 22.6. The number of para-hydroxylation sites is 1. The maximum Gasteiger partial charge on any atom is 0.459 e. The molecule has 1 saturated heterocycles. The molecule has 2 aliphatic rings. The smallest absolute Gasteiger partial charge is 0.459 e. The Hall–Kier alpha value is -3.89. The van der Waals surface area contributed by atoms with Crippen molar-refractivity contribution in [3.63, 3.8) is 0 Å². The lowest BCUT2D eigenvalue weighted by atomic mass is 9.97. The predicted molar refractivity (Wildman–Crippen MR) is 171 cm³/mol. The lowest BCUT2D eigenvalue weighted by Crippen LogP contribution is -2.45. The number of rotatable bonds is 14. The Bertz CT molecular complexity index is 1690. The zero-order valence-corrected chi connectivity index (χ0v) is 28.4. The second-order valence-corrected chi connectivity index (χ2v) is 13.8. The molecule has 1 unspecified atom stereocenters. The van der Waals surface area contributed by atoms with Crippen molar-refractivity contribution in [3.8, 4) is 5.75 Å². The highest BCUT2D eigenvalue weighted by molar-refractivity contribution is 7.52. The normalized spacial score (nSPS) is 26.5. The van der Waals surface area contributed by atoms with Crippen LogP contribution in [0.5, 0.6) is 5.75 Å². The lowest BCUT2D eigenvalue weighted by molar-refractivity contribution is -0.149. The maximum atomic E-state index is 16.8. The molecule has 1 aliphatic carbocycles. The van der Waals surface area contributed by atoms with Crippen molar-refractivity contribution in [1.82, 2.24) is 24.6 Å². The molecular weight excluding hydrogens is 652 g/mol. The summed E-state index contributed by atoms with van der Waals surface area (Å²) in [6.45, 7) is 8.06. The molecule has 1 aromatic carbocycles. The van der Waals surface area contributed by atoms with Crippen LogP contribution in [0.3, 0.4) is 0 Å². The number of imidazole rings is 1. The van der Waals surface area contributed by atoms with Gasteiger partial charge < -0.3 is 29.6 Å². The molecule has 262 valence electrons. The van der Waals surface area contributed by atoms with E-state index in [0.29, 0.717) is 6.42 Å². The minimum absolute atomic E-state index is 0.0237. The fourth-order valence-electron chi connectivity index (χ4n) is 5.46. The molecule has 3 aromatic rings. The summed E-state index contributed by atoms with van der Waals surface area (Å²) in [6.07, 6.45) is -1.66. The van der Waals surface area contributed by atoms with Gasteiger partial charge in [-0.1, -0.05) is 38.0 Å². The van der Waals surface area contributed by atoms with Crippen LogP contribution in [0.2, 0.25) is 0 Å². The number of carbonyl (C=O) groups is 2. The van der Waals surface area contributed by atoms with Gasteiger partial charge in [-0.05, 0) is 46.2 Å². The largest absolute Gasteiger partial charge is 0.462 e. The molecule has 3 heterocycles. The highest BCUT2D eigenvalue weighted by atomic mass is 31.2. The number of hydrogen-bond donors (Lipinski definition) is 3. The number of nitrogen functional groups attached to an aromatic ring is 1. The standard InChI is InChI=1S/C30H41FN7O9P/c1-7-8-12-15-43-28(40)37(6)23-20-24(35-27(32)34-23)38(16-33-20)26-29(5,31)30(41)21(45-26)22(30)47-48(42,46-19-13-10-9-11-14-19)36-18(4)25(39)44-17(2)3/h9-11,13-14,16-18,21-22,26,41H,7-8,12,15H2,1-6H3,(H,36,42)(H2,32,34,35)/t18-,21+,22?,26+,29-,30-,48+/m0/s1. The molecule has 1 saturated carbocycles. The van der Waals surface area contributed by atoms with Crippen molar-refractivity contribution in [1.29, 1.82) is 0 Å². The van der Waals surface area contributed by atoms with Gasteiger partial charge >= 0.3 is 19.8 Å². The van der Waals surface area contributed by atoms with Crippen molar-refractivity contribution in [2.45, 2.75) is 95.7 Å². The van der Waals surface area contributed by atoms with Crippen molar-refractivity contribution < 1.29 is 46.9 Å². The van der Waals surface area contributed by atoms with Gasteiger partial charge in [-0.25, -0.2) is 18.7 Å². The van der Waals surface area contributed by atoms with E-state index in [1.54, 1.807) is 32.0 Å². The Morgan fingerprint density at radius 2 is 1.94 bits per heavy atom. The van der Waals surface area contributed by atoms with Crippen LogP contribution in [-0.4, -0.2) is 86.0 Å². The van der Waals surface area contributed by atoms with E-state index in [0.717, 1.165) is 24.7 Å². The van der Waals surface area contributed by atoms with E-state index >= 15 is 4.39 Å². The van der Waals surface area contributed by atoms with Gasteiger partial charge in [-0.2, -0.15) is 15.1 Å². The van der Waals surface area contributed by atoms with Crippen LogP contribution in [0.25, 0.3) is 11.2 Å². The zero-order chi connectivity index (χ0) is 35.0. The number of amides is 1. The SMILES string of the molecule is CCCCCOC(=O)N(C)c1nc(N)nc2c1ncn2[C@@H]1O[C@@H]2C(O[P@@](=O)(N[C@@H](C)C(=O)OC(C)C)Oc3ccccc3)[C@]2(O)[C@@]1(C)F. The highest BCUT2D eigenvalue weighted by Gasteiger charge is 2.85. The Morgan fingerprint density at radius 1 is 1.23 bits per heavy atom. The highest BCUT2D eigenvalue weighted by Crippen LogP contribution is 2.66. The van der Waals surface area contributed by atoms with Crippen molar-refractivity contribution in [2.75, 3.05) is 24.3 Å². The Morgan fingerprint density at radius 3 is 2.56 bits per heavy atom. The van der Waals surface area contributed by atoms with Crippen LogP contribution in [0, 0.1) is 0 Å². The summed E-state index contributed by atoms with van der Waals surface area (Å²) < 4.78 is 59.9. The van der Waals surface area contributed by atoms with Gasteiger partial charge in [0.15, 0.2) is 34.5 Å². The summed E-state index contributed by atoms with van der Waals surface area (Å²) >= 11 is 0. The molecule has 0 radical (unpaired) electrons. The van der Waals surface area contributed by atoms with Gasteiger partial charge in [0.1, 0.15) is 24.0 Å². The van der Waals surface area contributed by atoms with Crippen LogP contribution in [0.4, 0.5) is 21.0 Å². The first-order valence-electron chi connectivity index (χ1n) is 15.6. The third kappa shape index (κ3) is 6.69. The second-order valence-electron chi connectivity index (χ2n) is 12.2. The number of aromatic nitrogens is 4. The number of fused-ring (bicyclic) bond motifs is 2. The van der Waals surface area contributed by atoms with E-state index < -0.39 is 61.7 Å². The molecule has 0 bridgehead atoms. The average molecular weight is 694 g/mol. The number of aliphatic hydroxyl groups is 1. The third-order valence-electron chi connectivity index (χ3n) is 8.07. The number of halogens is 1. The van der Waals surface area contributed by atoms with E-state index in [-0.39, 0.29) is 35.3 Å². The summed E-state index contributed by atoms with van der Waals surface area (Å²) in [5, 5.41) is 14.1. The Labute approximate surface area is 276 Å². The summed E-state index contributed by atoms with van der Waals surface area (Å²) in [6, 6.07) is 6.84. The molecule has 5 rings (SSSR count). The van der Waals surface area contributed by atoms with Crippen LogP contribution in [0.1, 0.15) is 60.1 Å². The minimum atomic E-state index is -4.47. The zero-order valence-electron chi connectivity index (χ0n) is 27.5. The molecule has 18 heteroatoms. The summed E-state index contributed by atoms with van der Waals surface area (Å²) in [4.78, 5) is 39.0. The van der Waals surface area contributed by atoms with Gasteiger partial charge in [0, 0.05) is 7.05 Å². The number of ether oxygens (including phenoxy) is 3. The van der Waals surface area contributed by atoms with Gasteiger partial charge in [-0.3, -0.25) is 18.8 Å². The molecule has 1 aliphatic heterocycles. The molecule has 1 amide bonds. The number of nitrogens with two attached hydrogens (primary N) is 1. The predicted octanol–water partition coefficient (Wildman–Crippen LogP) is 4.04. The van der Waals surface area contributed by atoms with E-state index in [1.807, 2.05) is 6.92 Å². The molecule has 4 N–H and O–H groups in total. The Kier molecular flexibility index (Phi) is 10.00. The summed E-state index contributed by atoms with van der Waals surface area (Å²) in [5.41, 5.74) is 1.20. The fraction of sp³-hybridized carbons (Fsp3) is 0.567. The third-order valence-corrected chi connectivity index (χ3v) is 9.73. The number of nitrogens with one attached hydrogen (secondary N) is 1. The monoisotopic (exact) mass is 693 g/mol. The summed E-state index contributed by atoms with van der Waals surface area (Å²) in [5.74, 6) is -0.806. The lowest BCUT2D eigenvalue weighted by Gasteiger charge is -2.32. The van der Waals surface area contributed by atoms with E-state index in [2.05, 4.69) is 20.0 Å². The van der Waals surface area contributed by atoms with Gasteiger partial charge in [-0.15, -0.1) is 0 Å². The summed E-state index contributed by atoms with van der Waals surface area (Å²) in [7, 11) is -3.04. The second kappa shape index (κ2) is 13.6. The van der Waals surface area contributed by atoms with Crippen LogP contribution in [0.15, 0.2) is 36.7 Å². The maximum absolute atomic E-state index is 16.8. The molecule has 48 heavy (non-hydrogen) atoms. The van der Waals surface area contributed by atoms with Gasteiger partial charge in [0.25, 0.3) is 0 Å².